The normalized spacial score (nSPS) is 27.2. The van der Waals surface area contributed by atoms with Gasteiger partial charge < -0.3 is 15.2 Å². The van der Waals surface area contributed by atoms with Gasteiger partial charge in [0.15, 0.2) is 0 Å². The van der Waals surface area contributed by atoms with E-state index in [-0.39, 0.29) is 6.10 Å². The highest BCUT2D eigenvalue weighted by Crippen LogP contribution is 2.28. The predicted molar refractivity (Wildman–Crippen MR) is 66.5 cm³/mol. The van der Waals surface area contributed by atoms with Crippen molar-refractivity contribution in [3.05, 3.63) is 0 Å². The van der Waals surface area contributed by atoms with Gasteiger partial charge in [0, 0.05) is 19.8 Å². The Morgan fingerprint density at radius 2 is 2.25 bits per heavy atom. The summed E-state index contributed by atoms with van der Waals surface area (Å²) in [5.41, 5.74) is 0. The Morgan fingerprint density at radius 3 is 2.88 bits per heavy atom. The van der Waals surface area contributed by atoms with Crippen LogP contribution in [0.1, 0.15) is 45.4 Å². The molecule has 3 nitrogen and oxygen atoms in total. The van der Waals surface area contributed by atoms with E-state index in [1.54, 1.807) is 7.11 Å². The van der Waals surface area contributed by atoms with E-state index in [0.717, 1.165) is 26.0 Å². The topological polar surface area (TPSA) is 41.5 Å². The minimum atomic E-state index is -0.0223. The van der Waals surface area contributed by atoms with E-state index in [9.17, 15) is 5.11 Å². The molecule has 0 aromatic carbocycles. The Morgan fingerprint density at radius 1 is 1.44 bits per heavy atom. The first-order chi connectivity index (χ1) is 7.74. The second kappa shape index (κ2) is 8.04. The van der Waals surface area contributed by atoms with Crippen molar-refractivity contribution in [2.24, 2.45) is 5.92 Å². The highest BCUT2D eigenvalue weighted by Gasteiger charge is 2.24. The van der Waals surface area contributed by atoms with E-state index in [1.807, 2.05) is 0 Å². The van der Waals surface area contributed by atoms with Crippen molar-refractivity contribution < 1.29 is 9.84 Å². The molecule has 0 aromatic rings. The molecule has 0 aliphatic heterocycles. The Kier molecular flexibility index (Phi) is 7.01. The lowest BCUT2D eigenvalue weighted by Crippen LogP contribution is -2.28. The third-order valence-electron chi connectivity index (χ3n) is 3.62. The maximum Gasteiger partial charge on any atom is 0.0568 e. The smallest absolute Gasteiger partial charge is 0.0568 e. The van der Waals surface area contributed by atoms with Crippen molar-refractivity contribution in [3.8, 4) is 0 Å². The molecular formula is C13H27NO2. The monoisotopic (exact) mass is 229 g/mol. The molecule has 1 aliphatic carbocycles. The first-order valence-corrected chi connectivity index (χ1v) is 6.64. The summed E-state index contributed by atoms with van der Waals surface area (Å²) >= 11 is 0. The summed E-state index contributed by atoms with van der Waals surface area (Å²) < 4.78 is 5.04. The number of rotatable bonds is 8. The minimum absolute atomic E-state index is 0.0223. The number of hydrogen-bond donors (Lipinski definition) is 2. The zero-order valence-electron chi connectivity index (χ0n) is 10.7. The average molecular weight is 229 g/mol. The van der Waals surface area contributed by atoms with Crippen molar-refractivity contribution in [3.63, 3.8) is 0 Å². The Balaban J connectivity index is 1.94. The summed E-state index contributed by atoms with van der Waals surface area (Å²) in [4.78, 5) is 0. The molecule has 0 amide bonds. The largest absolute Gasteiger partial charge is 0.393 e. The molecule has 1 aliphatic rings. The van der Waals surface area contributed by atoms with Gasteiger partial charge in [-0.3, -0.25) is 0 Å². The molecule has 96 valence electrons. The van der Waals surface area contributed by atoms with Crippen LogP contribution in [0.2, 0.25) is 0 Å². The van der Waals surface area contributed by atoms with E-state index < -0.39 is 0 Å². The standard InChI is InChI=1S/C13H27NO2/c1-11(8-10-16-2)14-9-4-6-12-5-3-7-13(12)15/h11-15H,3-10H2,1-2H3. The molecule has 0 spiro atoms. The van der Waals surface area contributed by atoms with Crippen LogP contribution in [-0.2, 0) is 4.74 Å². The van der Waals surface area contributed by atoms with Gasteiger partial charge in [0.2, 0.25) is 0 Å². The van der Waals surface area contributed by atoms with Crippen LogP contribution >= 0.6 is 0 Å². The quantitative estimate of drug-likeness (QED) is 0.625. The van der Waals surface area contributed by atoms with Crippen LogP contribution in [0.4, 0.5) is 0 Å². The molecule has 16 heavy (non-hydrogen) atoms. The molecule has 1 saturated carbocycles. The van der Waals surface area contributed by atoms with Gasteiger partial charge in [0.05, 0.1) is 6.10 Å². The number of methoxy groups -OCH3 is 1. The lowest BCUT2D eigenvalue weighted by molar-refractivity contribution is 0.126. The van der Waals surface area contributed by atoms with Crippen LogP contribution in [0.25, 0.3) is 0 Å². The second-order valence-electron chi connectivity index (χ2n) is 5.04. The molecule has 0 radical (unpaired) electrons. The van der Waals surface area contributed by atoms with Crippen LogP contribution in [0.3, 0.4) is 0 Å². The van der Waals surface area contributed by atoms with Gasteiger partial charge in [-0.2, -0.15) is 0 Å². The second-order valence-corrected chi connectivity index (χ2v) is 5.04. The molecular weight excluding hydrogens is 202 g/mol. The van der Waals surface area contributed by atoms with E-state index in [4.69, 9.17) is 4.74 Å². The zero-order chi connectivity index (χ0) is 11.8. The van der Waals surface area contributed by atoms with Crippen LogP contribution < -0.4 is 5.32 Å². The number of aliphatic hydroxyl groups is 1. The maximum absolute atomic E-state index is 9.68. The van der Waals surface area contributed by atoms with Gasteiger partial charge in [0.25, 0.3) is 0 Å². The molecule has 0 saturated heterocycles. The highest BCUT2D eigenvalue weighted by molar-refractivity contribution is 4.76. The van der Waals surface area contributed by atoms with Crippen molar-refractivity contribution in [1.82, 2.24) is 5.32 Å². The van der Waals surface area contributed by atoms with E-state index in [1.165, 1.54) is 25.7 Å². The predicted octanol–water partition coefficient (Wildman–Crippen LogP) is 1.94. The first-order valence-electron chi connectivity index (χ1n) is 6.64. The van der Waals surface area contributed by atoms with Gasteiger partial charge in [-0.1, -0.05) is 6.42 Å². The molecule has 0 aromatic heterocycles. The summed E-state index contributed by atoms with van der Waals surface area (Å²) in [5.74, 6) is 0.566. The van der Waals surface area contributed by atoms with Crippen molar-refractivity contribution in [2.75, 3.05) is 20.3 Å². The Labute approximate surface area is 99.6 Å². The number of nitrogens with one attached hydrogen (secondary N) is 1. The van der Waals surface area contributed by atoms with Gasteiger partial charge in [0.1, 0.15) is 0 Å². The Bertz CT molecular complexity index is 175. The van der Waals surface area contributed by atoms with E-state index in [2.05, 4.69) is 12.2 Å². The lowest BCUT2D eigenvalue weighted by atomic mass is 10.00. The summed E-state index contributed by atoms with van der Waals surface area (Å²) in [6.07, 6.45) is 6.85. The molecule has 1 rings (SSSR count). The van der Waals surface area contributed by atoms with Crippen LogP contribution in [0, 0.1) is 5.92 Å². The molecule has 3 unspecified atom stereocenters. The summed E-state index contributed by atoms with van der Waals surface area (Å²) in [5, 5.41) is 13.2. The molecule has 3 heteroatoms. The summed E-state index contributed by atoms with van der Waals surface area (Å²) in [6, 6.07) is 0.536. The maximum atomic E-state index is 9.68. The van der Waals surface area contributed by atoms with Crippen LogP contribution in [0.15, 0.2) is 0 Å². The summed E-state index contributed by atoms with van der Waals surface area (Å²) in [6.45, 7) is 4.09. The van der Waals surface area contributed by atoms with Gasteiger partial charge in [-0.25, -0.2) is 0 Å². The molecule has 0 heterocycles. The third kappa shape index (κ3) is 5.28. The van der Waals surface area contributed by atoms with Crippen molar-refractivity contribution >= 4 is 0 Å². The lowest BCUT2D eigenvalue weighted by Gasteiger charge is -2.16. The van der Waals surface area contributed by atoms with Gasteiger partial charge >= 0.3 is 0 Å². The SMILES string of the molecule is COCCC(C)NCCCC1CCCC1O. The molecule has 2 N–H and O–H groups in total. The number of hydrogen-bond acceptors (Lipinski definition) is 3. The molecule has 3 atom stereocenters. The van der Waals surface area contributed by atoms with Crippen molar-refractivity contribution in [2.45, 2.75) is 57.6 Å². The Hall–Kier alpha value is -0.120. The van der Waals surface area contributed by atoms with E-state index >= 15 is 0 Å². The highest BCUT2D eigenvalue weighted by atomic mass is 16.5. The van der Waals surface area contributed by atoms with E-state index in [0.29, 0.717) is 12.0 Å². The summed E-state index contributed by atoms with van der Waals surface area (Å²) in [7, 11) is 1.74. The fourth-order valence-electron chi connectivity index (χ4n) is 2.46. The number of aliphatic hydroxyl groups excluding tert-OH is 1. The van der Waals surface area contributed by atoms with Crippen molar-refractivity contribution in [1.29, 1.82) is 0 Å². The third-order valence-corrected chi connectivity index (χ3v) is 3.62. The average Bonchev–Trinajstić information content (AvgIpc) is 2.67. The minimum Gasteiger partial charge on any atom is -0.393 e. The zero-order valence-corrected chi connectivity index (χ0v) is 10.7. The fraction of sp³-hybridized carbons (Fsp3) is 1.00. The van der Waals surface area contributed by atoms with Gasteiger partial charge in [-0.05, 0) is 51.5 Å². The van der Waals surface area contributed by atoms with Crippen LogP contribution in [0.5, 0.6) is 0 Å². The first kappa shape index (κ1) is 13.9. The van der Waals surface area contributed by atoms with Crippen LogP contribution in [-0.4, -0.2) is 37.5 Å². The van der Waals surface area contributed by atoms with Gasteiger partial charge in [-0.15, -0.1) is 0 Å². The fourth-order valence-corrected chi connectivity index (χ4v) is 2.46. The molecule has 1 fully saturated rings. The molecule has 0 bridgehead atoms. The number of ether oxygens (including phenoxy) is 1.